The second-order valence-corrected chi connectivity index (χ2v) is 7.61. The summed E-state index contributed by atoms with van der Waals surface area (Å²) >= 11 is 0.635. The minimum atomic E-state index is -1.19. The van der Waals surface area contributed by atoms with Gasteiger partial charge < -0.3 is 19.9 Å². The fraction of sp³-hybridized carbons (Fsp3) is 0.182. The molecule has 1 aliphatic heterocycles. The zero-order valence-corrected chi connectivity index (χ0v) is 18.2. The van der Waals surface area contributed by atoms with Crippen LogP contribution in [0.25, 0.3) is 6.08 Å². The Balaban J connectivity index is 1.78. The Kier molecular flexibility index (Phi) is 7.67. The van der Waals surface area contributed by atoms with Gasteiger partial charge in [-0.3, -0.25) is 19.3 Å². The van der Waals surface area contributed by atoms with Crippen LogP contribution in [0.4, 0.5) is 14.9 Å². The van der Waals surface area contributed by atoms with E-state index < -0.39 is 42.0 Å². The molecule has 1 aliphatic rings. The number of carboxylic acid groups (broad SMARTS) is 1. The number of para-hydroxylation sites is 1. The van der Waals surface area contributed by atoms with Gasteiger partial charge in [0.2, 0.25) is 5.91 Å². The van der Waals surface area contributed by atoms with Gasteiger partial charge in [0, 0.05) is 11.3 Å². The Morgan fingerprint density at radius 3 is 2.55 bits per heavy atom. The van der Waals surface area contributed by atoms with Crippen molar-refractivity contribution in [3.63, 3.8) is 0 Å². The molecule has 3 rings (SSSR count). The number of thioether (sulfide) groups is 1. The van der Waals surface area contributed by atoms with Crippen molar-refractivity contribution in [1.82, 2.24) is 4.90 Å². The highest BCUT2D eigenvalue weighted by molar-refractivity contribution is 8.18. The Hall–Kier alpha value is -3.86. The Labute approximate surface area is 192 Å². The lowest BCUT2D eigenvalue weighted by Gasteiger charge is -2.14. The summed E-state index contributed by atoms with van der Waals surface area (Å²) in [6.45, 7) is 0.888. The van der Waals surface area contributed by atoms with Crippen LogP contribution in [0.2, 0.25) is 0 Å². The van der Waals surface area contributed by atoms with E-state index in [1.165, 1.54) is 30.3 Å². The molecule has 1 heterocycles. The van der Waals surface area contributed by atoms with E-state index in [9.17, 15) is 23.6 Å². The third-order valence-electron chi connectivity index (χ3n) is 4.24. The van der Waals surface area contributed by atoms with E-state index in [4.69, 9.17) is 14.6 Å². The molecule has 2 aromatic rings. The molecule has 33 heavy (non-hydrogen) atoms. The molecule has 3 amide bonds. The Morgan fingerprint density at radius 1 is 1.15 bits per heavy atom. The van der Waals surface area contributed by atoms with Crippen molar-refractivity contribution < 1.29 is 38.1 Å². The van der Waals surface area contributed by atoms with E-state index in [1.54, 1.807) is 25.1 Å². The second kappa shape index (κ2) is 10.6. The molecular weight excluding hydrogens is 455 g/mol. The number of halogens is 1. The highest BCUT2D eigenvalue weighted by Gasteiger charge is 2.36. The van der Waals surface area contributed by atoms with E-state index in [0.29, 0.717) is 29.6 Å². The van der Waals surface area contributed by atoms with Crippen molar-refractivity contribution in [3.05, 3.63) is 58.8 Å². The van der Waals surface area contributed by atoms with Crippen molar-refractivity contribution >= 4 is 46.5 Å². The maximum atomic E-state index is 13.0. The number of amides is 3. The van der Waals surface area contributed by atoms with Crippen LogP contribution in [0.1, 0.15) is 12.5 Å². The minimum Gasteiger partial charge on any atom is -0.490 e. The maximum Gasteiger partial charge on any atom is 0.341 e. The number of ether oxygens (including phenoxy) is 2. The number of carbonyl (C=O) groups excluding carboxylic acids is 3. The number of aliphatic carboxylic acids is 1. The number of benzene rings is 2. The molecular formula is C22H19FN2O7S. The number of imide groups is 1. The molecule has 0 bridgehead atoms. The zero-order chi connectivity index (χ0) is 24.0. The van der Waals surface area contributed by atoms with E-state index in [0.717, 1.165) is 4.90 Å². The van der Waals surface area contributed by atoms with Crippen molar-refractivity contribution in [2.45, 2.75) is 6.92 Å². The number of hydrogen-bond donors (Lipinski definition) is 2. The Bertz CT molecular complexity index is 1120. The van der Waals surface area contributed by atoms with E-state index in [1.807, 2.05) is 0 Å². The first-order valence-electron chi connectivity index (χ1n) is 9.69. The van der Waals surface area contributed by atoms with Gasteiger partial charge in [0.15, 0.2) is 18.1 Å². The number of anilines is 1. The average molecular weight is 474 g/mol. The van der Waals surface area contributed by atoms with E-state index in [-0.39, 0.29) is 16.4 Å². The summed E-state index contributed by atoms with van der Waals surface area (Å²) < 4.78 is 23.8. The fourth-order valence-corrected chi connectivity index (χ4v) is 3.69. The lowest BCUT2D eigenvalue weighted by atomic mass is 10.1. The fourth-order valence-electron chi connectivity index (χ4n) is 2.86. The van der Waals surface area contributed by atoms with Gasteiger partial charge in [0.25, 0.3) is 11.1 Å². The van der Waals surface area contributed by atoms with Crippen LogP contribution >= 0.6 is 11.8 Å². The molecule has 172 valence electrons. The summed E-state index contributed by atoms with van der Waals surface area (Å²) in [5.41, 5.74) is 0.653. The monoisotopic (exact) mass is 474 g/mol. The lowest BCUT2D eigenvalue weighted by Crippen LogP contribution is -2.36. The van der Waals surface area contributed by atoms with Gasteiger partial charge in [-0.15, -0.1) is 0 Å². The van der Waals surface area contributed by atoms with Gasteiger partial charge in [0.1, 0.15) is 12.4 Å². The lowest BCUT2D eigenvalue weighted by molar-refractivity contribution is -0.139. The molecule has 0 aromatic heterocycles. The minimum absolute atomic E-state index is 0.0309. The molecule has 2 aromatic carbocycles. The van der Waals surface area contributed by atoms with Crippen molar-refractivity contribution in [2.75, 3.05) is 25.1 Å². The van der Waals surface area contributed by atoms with Crippen LogP contribution in [-0.2, 0) is 14.4 Å². The average Bonchev–Trinajstić information content (AvgIpc) is 3.02. The summed E-state index contributed by atoms with van der Waals surface area (Å²) in [6, 6.07) is 9.83. The molecule has 0 radical (unpaired) electrons. The van der Waals surface area contributed by atoms with Crippen LogP contribution in [0, 0.1) is 5.82 Å². The van der Waals surface area contributed by atoms with Crippen LogP contribution in [-0.4, -0.2) is 52.8 Å². The second-order valence-electron chi connectivity index (χ2n) is 6.61. The SMILES string of the molecule is CCOc1cccc(/C=C2\SC(=O)N(CC(=O)Nc3ccc(F)cc3)C2=O)c1OCC(=O)O. The predicted molar refractivity (Wildman–Crippen MR) is 118 cm³/mol. The van der Waals surface area contributed by atoms with Gasteiger partial charge in [-0.25, -0.2) is 9.18 Å². The van der Waals surface area contributed by atoms with Crippen LogP contribution in [0.15, 0.2) is 47.4 Å². The van der Waals surface area contributed by atoms with Crippen molar-refractivity contribution in [1.29, 1.82) is 0 Å². The molecule has 0 saturated carbocycles. The normalized spacial score (nSPS) is 14.5. The largest absolute Gasteiger partial charge is 0.490 e. The maximum absolute atomic E-state index is 13.0. The summed E-state index contributed by atoms with van der Waals surface area (Å²) in [7, 11) is 0. The number of carbonyl (C=O) groups is 4. The van der Waals surface area contributed by atoms with Crippen molar-refractivity contribution in [3.8, 4) is 11.5 Å². The first-order valence-corrected chi connectivity index (χ1v) is 10.5. The third kappa shape index (κ3) is 6.10. The van der Waals surface area contributed by atoms with Gasteiger partial charge in [0.05, 0.1) is 11.5 Å². The zero-order valence-electron chi connectivity index (χ0n) is 17.4. The quantitative estimate of drug-likeness (QED) is 0.531. The van der Waals surface area contributed by atoms with Gasteiger partial charge >= 0.3 is 5.97 Å². The first-order chi connectivity index (χ1) is 15.8. The summed E-state index contributed by atoms with van der Waals surface area (Å²) in [6.07, 6.45) is 1.38. The first kappa shape index (κ1) is 23.8. The topological polar surface area (TPSA) is 122 Å². The van der Waals surface area contributed by atoms with Crippen molar-refractivity contribution in [2.24, 2.45) is 0 Å². The molecule has 1 saturated heterocycles. The van der Waals surface area contributed by atoms with E-state index >= 15 is 0 Å². The number of nitrogens with one attached hydrogen (secondary N) is 1. The molecule has 0 spiro atoms. The van der Waals surface area contributed by atoms with Crippen LogP contribution < -0.4 is 14.8 Å². The number of nitrogens with zero attached hydrogens (tertiary/aromatic N) is 1. The van der Waals surface area contributed by atoms with Crippen LogP contribution in [0.5, 0.6) is 11.5 Å². The van der Waals surface area contributed by atoms with E-state index in [2.05, 4.69) is 5.32 Å². The summed E-state index contributed by atoms with van der Waals surface area (Å²) in [5.74, 6) is -2.59. The van der Waals surface area contributed by atoms with Gasteiger partial charge in [-0.05, 0) is 55.1 Å². The molecule has 0 atom stereocenters. The molecule has 0 unspecified atom stereocenters. The van der Waals surface area contributed by atoms with Gasteiger partial charge in [-0.1, -0.05) is 12.1 Å². The summed E-state index contributed by atoms with van der Waals surface area (Å²) in [4.78, 5) is 49.1. The predicted octanol–water partition coefficient (Wildman–Crippen LogP) is 3.36. The van der Waals surface area contributed by atoms with Crippen LogP contribution in [0.3, 0.4) is 0 Å². The Morgan fingerprint density at radius 2 is 1.88 bits per heavy atom. The highest BCUT2D eigenvalue weighted by atomic mass is 32.2. The molecule has 1 fully saturated rings. The molecule has 11 heteroatoms. The molecule has 0 aliphatic carbocycles. The smallest absolute Gasteiger partial charge is 0.341 e. The number of carboxylic acids is 1. The molecule has 2 N–H and O–H groups in total. The third-order valence-corrected chi connectivity index (χ3v) is 5.15. The van der Waals surface area contributed by atoms with Gasteiger partial charge in [-0.2, -0.15) is 0 Å². The standard InChI is InChI=1S/C22H19FN2O7S/c1-2-31-16-5-3-4-13(20(16)32-12-19(27)28)10-17-21(29)25(22(30)33-17)11-18(26)24-15-8-6-14(23)7-9-15/h3-10H,2,11-12H2,1H3,(H,24,26)(H,27,28)/b17-10-. The number of rotatable bonds is 9. The molecule has 9 nitrogen and oxygen atoms in total. The number of hydrogen-bond acceptors (Lipinski definition) is 7. The highest BCUT2D eigenvalue weighted by Crippen LogP contribution is 2.37. The summed E-state index contributed by atoms with van der Waals surface area (Å²) in [5, 5.41) is 10.8.